The van der Waals surface area contributed by atoms with Crippen molar-refractivity contribution in [3.8, 4) is 0 Å². The van der Waals surface area contributed by atoms with Crippen molar-refractivity contribution in [1.82, 2.24) is 4.90 Å². The highest BCUT2D eigenvalue weighted by atomic mass is 16.6. The summed E-state index contributed by atoms with van der Waals surface area (Å²) in [5, 5.41) is 9.60. The molecule has 1 heterocycles. The van der Waals surface area contributed by atoms with E-state index in [-0.39, 0.29) is 51.7 Å². The number of allylic oxidation sites excluding steroid dienone is 1. The van der Waals surface area contributed by atoms with E-state index in [1.165, 1.54) is 56.9 Å². The number of carboxylic acid groups (broad SMARTS) is 1. The van der Waals surface area contributed by atoms with Crippen LogP contribution in [-0.4, -0.2) is 53.8 Å². The van der Waals surface area contributed by atoms with Crippen molar-refractivity contribution >= 4 is 18.0 Å². The van der Waals surface area contributed by atoms with Gasteiger partial charge in [-0.2, -0.15) is 0 Å². The van der Waals surface area contributed by atoms with Gasteiger partial charge in [-0.1, -0.05) is 46.8 Å². The fourth-order valence-corrected chi connectivity index (χ4v) is 14.0. The summed E-state index contributed by atoms with van der Waals surface area (Å²) in [5.74, 6) is 1.48. The molecule has 7 nitrogen and oxygen atoms in total. The van der Waals surface area contributed by atoms with Crippen LogP contribution in [0.15, 0.2) is 12.2 Å². The van der Waals surface area contributed by atoms with Crippen LogP contribution in [0.5, 0.6) is 0 Å². The number of carboxylic acids is 1. The highest BCUT2D eigenvalue weighted by molar-refractivity contribution is 5.81. The van der Waals surface area contributed by atoms with Gasteiger partial charge in [0.1, 0.15) is 6.10 Å². The Morgan fingerprint density at radius 2 is 1.54 bits per heavy atom. The molecular weight excluding hydrogens is 626 g/mol. The van der Waals surface area contributed by atoms with E-state index in [9.17, 15) is 19.5 Å². The van der Waals surface area contributed by atoms with Crippen LogP contribution >= 0.6 is 0 Å². The third-order valence-corrected chi connectivity index (χ3v) is 17.1. The Morgan fingerprint density at radius 1 is 0.840 bits per heavy atom. The smallest absolute Gasteiger partial charge is 0.409 e. The molecule has 0 spiro atoms. The molecule has 1 saturated heterocycles. The second-order valence-corrected chi connectivity index (χ2v) is 20.2. The molecule has 0 aromatic rings. The number of piperidine rings is 1. The molecular formula is C43H69NO6. The second-order valence-electron chi connectivity index (χ2n) is 20.2. The number of carbonyl (C=O) groups excluding carboxylic acids is 2. The summed E-state index contributed by atoms with van der Waals surface area (Å²) in [6, 6.07) is 0. The number of aliphatic carboxylic acids is 1. The molecule has 1 unspecified atom stereocenters. The van der Waals surface area contributed by atoms with Gasteiger partial charge in [-0.05, 0) is 162 Å². The number of amides is 1. The summed E-state index contributed by atoms with van der Waals surface area (Å²) in [6.07, 6.45) is 15.6. The van der Waals surface area contributed by atoms with E-state index in [1.54, 1.807) is 13.8 Å². The van der Waals surface area contributed by atoms with Gasteiger partial charge < -0.3 is 19.5 Å². The van der Waals surface area contributed by atoms with Crippen molar-refractivity contribution in [2.24, 2.45) is 62.1 Å². The van der Waals surface area contributed by atoms with Crippen molar-refractivity contribution in [3.63, 3.8) is 0 Å². The highest BCUT2D eigenvalue weighted by Crippen LogP contribution is 2.78. The molecule has 1 N–H and O–H groups in total. The monoisotopic (exact) mass is 696 g/mol. The van der Waals surface area contributed by atoms with Crippen LogP contribution in [-0.2, 0) is 19.1 Å². The number of hydrogen-bond acceptors (Lipinski definition) is 5. The van der Waals surface area contributed by atoms with Gasteiger partial charge in [-0.15, -0.1) is 0 Å². The summed E-state index contributed by atoms with van der Waals surface area (Å²) in [6.45, 7) is 24.8. The van der Waals surface area contributed by atoms with Gasteiger partial charge in [-0.25, -0.2) is 4.79 Å². The van der Waals surface area contributed by atoms with Gasteiger partial charge in [0.2, 0.25) is 0 Å². The zero-order chi connectivity index (χ0) is 36.5. The number of rotatable bonds is 8. The summed E-state index contributed by atoms with van der Waals surface area (Å²) in [7, 11) is 0. The molecule has 0 aromatic heterocycles. The minimum absolute atomic E-state index is 0.105. The molecule has 1 amide bonds. The lowest BCUT2D eigenvalue weighted by atomic mass is 9.32. The third kappa shape index (κ3) is 5.95. The standard InChI is InChI=1S/C43H69NO6/c1-28(2)29-15-20-43(23-26-49-37(48)44-24-11-10-12-25-44)22-21-41(8)30(35(29)43)13-14-32-40(7)18-17-33(50-34(45)27-38(3,4)36(46)47)39(5,6)31(40)16-19-42(32,41)9/h29-33,35H,1,10-27H2,2-9H3,(H,46,47)/t29-,30+,31-,32+,33-,35+,40-,41+,42+,43?/m0/s1. The minimum atomic E-state index is -1.14. The van der Waals surface area contributed by atoms with Crippen LogP contribution in [0.3, 0.4) is 0 Å². The van der Waals surface area contributed by atoms with Crippen LogP contribution in [0.2, 0.25) is 0 Å². The maximum absolute atomic E-state index is 13.1. The quantitative estimate of drug-likeness (QED) is 0.201. The van der Waals surface area contributed by atoms with Gasteiger partial charge in [0.15, 0.2) is 0 Å². The van der Waals surface area contributed by atoms with Gasteiger partial charge in [0.05, 0.1) is 18.4 Å². The summed E-state index contributed by atoms with van der Waals surface area (Å²) in [5.41, 5.74) is 0.864. The fourth-order valence-electron chi connectivity index (χ4n) is 14.0. The molecule has 1 aliphatic heterocycles. The van der Waals surface area contributed by atoms with E-state index in [0.29, 0.717) is 36.2 Å². The van der Waals surface area contributed by atoms with E-state index in [1.807, 2.05) is 4.90 Å². The molecule has 5 aliphatic carbocycles. The lowest BCUT2D eigenvalue weighted by Gasteiger charge is -2.73. The molecule has 7 heteroatoms. The van der Waals surface area contributed by atoms with Crippen LogP contribution < -0.4 is 0 Å². The lowest BCUT2D eigenvalue weighted by Crippen LogP contribution is -2.66. The molecule has 0 bridgehead atoms. The Morgan fingerprint density at radius 3 is 2.20 bits per heavy atom. The molecule has 50 heavy (non-hydrogen) atoms. The Kier molecular flexibility index (Phi) is 9.89. The van der Waals surface area contributed by atoms with Crippen LogP contribution in [0.1, 0.15) is 152 Å². The van der Waals surface area contributed by atoms with Gasteiger partial charge in [-0.3, -0.25) is 9.59 Å². The first-order chi connectivity index (χ1) is 23.3. The maximum atomic E-state index is 13.1. The predicted molar refractivity (Wildman–Crippen MR) is 196 cm³/mol. The van der Waals surface area contributed by atoms with Crippen molar-refractivity contribution in [1.29, 1.82) is 0 Å². The molecule has 6 rings (SSSR count). The van der Waals surface area contributed by atoms with E-state index in [0.717, 1.165) is 51.6 Å². The number of hydrogen-bond donors (Lipinski definition) is 1. The first kappa shape index (κ1) is 37.7. The fraction of sp³-hybridized carbons (Fsp3) is 0.884. The van der Waals surface area contributed by atoms with Crippen molar-refractivity contribution < 1.29 is 29.0 Å². The number of carbonyl (C=O) groups is 3. The molecule has 6 fully saturated rings. The Hall–Kier alpha value is -2.05. The third-order valence-electron chi connectivity index (χ3n) is 17.1. The first-order valence-corrected chi connectivity index (χ1v) is 20.3. The Balaban J connectivity index is 1.20. The number of nitrogens with zero attached hydrogens (tertiary/aromatic N) is 1. The van der Waals surface area contributed by atoms with E-state index < -0.39 is 11.4 Å². The zero-order valence-electron chi connectivity index (χ0n) is 32.8. The van der Waals surface area contributed by atoms with Crippen LogP contribution in [0.4, 0.5) is 4.79 Å². The van der Waals surface area contributed by atoms with Gasteiger partial charge >= 0.3 is 18.0 Å². The summed E-state index contributed by atoms with van der Waals surface area (Å²) < 4.78 is 12.2. The van der Waals surface area contributed by atoms with Crippen molar-refractivity contribution in [2.75, 3.05) is 19.7 Å². The minimum Gasteiger partial charge on any atom is -0.481 e. The number of likely N-dealkylation sites (tertiary alicyclic amines) is 1. The average Bonchev–Trinajstić information content (AvgIpc) is 3.43. The van der Waals surface area contributed by atoms with Crippen LogP contribution in [0.25, 0.3) is 0 Å². The normalized spacial score (nSPS) is 42.3. The molecule has 0 radical (unpaired) electrons. The summed E-state index contributed by atoms with van der Waals surface area (Å²) in [4.78, 5) is 39.7. The van der Waals surface area contributed by atoms with E-state index in [2.05, 4.69) is 48.1 Å². The average molecular weight is 696 g/mol. The molecule has 5 saturated carbocycles. The highest BCUT2D eigenvalue weighted by Gasteiger charge is 2.71. The number of esters is 1. The van der Waals surface area contributed by atoms with E-state index in [4.69, 9.17) is 9.47 Å². The largest absolute Gasteiger partial charge is 0.481 e. The molecule has 6 aliphatic rings. The topological polar surface area (TPSA) is 93.1 Å². The number of ether oxygens (including phenoxy) is 2. The second kappa shape index (κ2) is 13.1. The molecule has 282 valence electrons. The van der Waals surface area contributed by atoms with Gasteiger partial charge in [0, 0.05) is 18.5 Å². The SMILES string of the molecule is C=C(C)[C@@H]1CCC2(CCOC(=O)N3CCCCC3)CC[C@]3(C)[C@H](CC[C@@H]4[C@@]5(C)CC[C@H](OC(=O)CC(C)(C)C(=O)O)C(C)(C)[C@@H]5CC[C@]43C)[C@@H]12. The Bertz CT molecular complexity index is 1350. The van der Waals surface area contributed by atoms with Crippen LogP contribution in [0, 0.1) is 62.1 Å². The Labute approximate surface area is 303 Å². The number of fused-ring (bicyclic) bond motifs is 7. The van der Waals surface area contributed by atoms with E-state index >= 15 is 0 Å². The molecule has 10 atom stereocenters. The molecule has 0 aromatic carbocycles. The van der Waals surface area contributed by atoms with Crippen molar-refractivity contribution in [3.05, 3.63) is 12.2 Å². The van der Waals surface area contributed by atoms with Crippen molar-refractivity contribution in [2.45, 2.75) is 158 Å². The predicted octanol–water partition coefficient (Wildman–Crippen LogP) is 10.1. The summed E-state index contributed by atoms with van der Waals surface area (Å²) >= 11 is 0. The van der Waals surface area contributed by atoms with Gasteiger partial charge in [0.25, 0.3) is 0 Å². The first-order valence-electron chi connectivity index (χ1n) is 20.3. The zero-order valence-corrected chi connectivity index (χ0v) is 32.8. The lowest BCUT2D eigenvalue weighted by molar-refractivity contribution is -0.251. The maximum Gasteiger partial charge on any atom is 0.409 e.